The van der Waals surface area contributed by atoms with Gasteiger partial charge in [0.05, 0.1) is 17.7 Å². The highest BCUT2D eigenvalue weighted by atomic mass is 35.5. The summed E-state index contributed by atoms with van der Waals surface area (Å²) >= 11 is 12.6. The van der Waals surface area contributed by atoms with Gasteiger partial charge in [-0.2, -0.15) is 5.10 Å². The smallest absolute Gasteiger partial charge is 0.217 e. The topological polar surface area (TPSA) is 105 Å². The standard InChI is InChI=1S/C26H31Cl2N5O5/c1-19(2)32(34)9-11-33(35,12-10-32)21-4-6-22(7-5-21)36-14-23-15-37-26(38-23,16-31-18-29-17-30-31)24-8-3-20(27)13-25(24)28/h3-8,13,17-19,23H,9-12,14-16H2,1-2H3/t23-,26-,32?,33?/m0/s1. The van der Waals surface area contributed by atoms with E-state index in [9.17, 15) is 10.4 Å². The van der Waals surface area contributed by atoms with Crippen molar-refractivity contribution in [3.8, 4) is 5.75 Å². The maximum Gasteiger partial charge on any atom is 0.217 e. The second kappa shape index (κ2) is 10.7. The molecule has 0 radical (unpaired) electrons. The first-order valence-corrected chi connectivity index (χ1v) is 13.4. The molecule has 12 heteroatoms. The summed E-state index contributed by atoms with van der Waals surface area (Å²) in [7, 11) is 0. The van der Waals surface area contributed by atoms with E-state index >= 15 is 0 Å². The molecule has 2 aliphatic heterocycles. The van der Waals surface area contributed by atoms with Crippen molar-refractivity contribution in [3.63, 3.8) is 0 Å². The van der Waals surface area contributed by atoms with E-state index in [-0.39, 0.29) is 49.6 Å². The number of rotatable bonds is 8. The minimum Gasteiger partial charge on any atom is -0.632 e. The van der Waals surface area contributed by atoms with Crippen LogP contribution in [0.5, 0.6) is 5.75 Å². The van der Waals surface area contributed by atoms with Crippen LogP contribution in [0, 0.1) is 10.4 Å². The van der Waals surface area contributed by atoms with Crippen LogP contribution < -0.4 is 9.38 Å². The average Bonchev–Trinajstić information content (AvgIpc) is 3.55. The Bertz CT molecular complexity index is 1240. The lowest BCUT2D eigenvalue weighted by Gasteiger charge is -2.55. The summed E-state index contributed by atoms with van der Waals surface area (Å²) in [5.41, 5.74) is 1.26. The fourth-order valence-electron chi connectivity index (χ4n) is 4.95. The highest BCUT2D eigenvalue weighted by molar-refractivity contribution is 6.35. The van der Waals surface area contributed by atoms with Gasteiger partial charge in [-0.15, -0.1) is 0 Å². The Morgan fingerprint density at radius 2 is 1.84 bits per heavy atom. The van der Waals surface area contributed by atoms with Crippen molar-refractivity contribution >= 4 is 28.9 Å². The Kier molecular flexibility index (Phi) is 7.69. The van der Waals surface area contributed by atoms with Gasteiger partial charge < -0.3 is 33.9 Å². The molecule has 3 aromatic rings. The van der Waals surface area contributed by atoms with Crippen LogP contribution in [-0.2, 0) is 21.8 Å². The van der Waals surface area contributed by atoms with Gasteiger partial charge in [0, 0.05) is 22.7 Å². The Hall–Kier alpha value is -2.28. The van der Waals surface area contributed by atoms with Gasteiger partial charge in [-0.3, -0.25) is 0 Å². The first kappa shape index (κ1) is 27.3. The first-order valence-electron chi connectivity index (χ1n) is 12.6. The van der Waals surface area contributed by atoms with Gasteiger partial charge in [0.2, 0.25) is 5.79 Å². The molecular formula is C26H31Cl2N5O5. The van der Waals surface area contributed by atoms with Gasteiger partial charge in [-0.1, -0.05) is 29.3 Å². The SMILES string of the molecule is CC(C)[N+]1([O-])CC[N+]([O-])(c2ccc(OC[C@H]3CO[C@](Cn4cncn4)(c4ccc(Cl)cc4Cl)O3)cc2)CC1. The van der Waals surface area contributed by atoms with Gasteiger partial charge >= 0.3 is 0 Å². The Morgan fingerprint density at radius 3 is 2.47 bits per heavy atom. The number of quaternary nitrogens is 2. The predicted molar refractivity (Wildman–Crippen MR) is 144 cm³/mol. The van der Waals surface area contributed by atoms with Crippen LogP contribution in [0.15, 0.2) is 55.1 Å². The zero-order chi connectivity index (χ0) is 27.0. The minimum atomic E-state index is -1.19. The van der Waals surface area contributed by atoms with Crippen molar-refractivity contribution in [1.29, 1.82) is 0 Å². The van der Waals surface area contributed by atoms with E-state index in [0.717, 1.165) is 0 Å². The first-order chi connectivity index (χ1) is 18.1. The third-order valence-electron chi connectivity index (χ3n) is 7.40. The van der Waals surface area contributed by atoms with Gasteiger partial charge in [0.15, 0.2) is 0 Å². The molecule has 2 fully saturated rings. The van der Waals surface area contributed by atoms with Crippen LogP contribution >= 0.6 is 23.2 Å². The largest absolute Gasteiger partial charge is 0.632 e. The molecule has 0 bridgehead atoms. The third kappa shape index (κ3) is 5.54. The number of nitrogens with zero attached hydrogens (tertiary/aromatic N) is 5. The monoisotopic (exact) mass is 563 g/mol. The van der Waals surface area contributed by atoms with E-state index in [4.69, 9.17) is 37.4 Å². The van der Waals surface area contributed by atoms with Crippen LogP contribution in [0.2, 0.25) is 10.0 Å². The van der Waals surface area contributed by atoms with E-state index < -0.39 is 10.4 Å². The average molecular weight is 564 g/mol. The van der Waals surface area contributed by atoms with Crippen LogP contribution in [-0.4, -0.2) is 70.9 Å². The molecule has 2 atom stereocenters. The number of hydrogen-bond donors (Lipinski definition) is 0. The van der Waals surface area contributed by atoms with E-state index in [1.54, 1.807) is 53.5 Å². The molecule has 0 saturated carbocycles. The summed E-state index contributed by atoms with van der Waals surface area (Å²) in [6.07, 6.45) is 2.63. The molecule has 2 aliphatic rings. The molecule has 2 aromatic carbocycles. The van der Waals surface area contributed by atoms with Crippen molar-refractivity contribution in [2.45, 2.75) is 38.3 Å². The molecule has 3 heterocycles. The zero-order valence-electron chi connectivity index (χ0n) is 21.3. The Morgan fingerprint density at radius 1 is 1.11 bits per heavy atom. The molecule has 2 saturated heterocycles. The predicted octanol–water partition coefficient (Wildman–Crippen LogP) is 4.47. The van der Waals surface area contributed by atoms with Crippen LogP contribution in [0.3, 0.4) is 0 Å². The van der Waals surface area contributed by atoms with Gasteiger partial charge in [-0.05, 0) is 38.1 Å². The van der Waals surface area contributed by atoms with Crippen LogP contribution in [0.1, 0.15) is 19.4 Å². The molecule has 0 N–H and O–H groups in total. The fourth-order valence-corrected chi connectivity index (χ4v) is 5.50. The highest BCUT2D eigenvalue weighted by Crippen LogP contribution is 2.40. The summed E-state index contributed by atoms with van der Waals surface area (Å²) in [6, 6.07) is 12.2. The van der Waals surface area contributed by atoms with E-state index in [2.05, 4.69) is 10.1 Å². The summed E-state index contributed by atoms with van der Waals surface area (Å²) < 4.78 is 19.3. The second-order valence-electron chi connectivity index (χ2n) is 10.2. The Balaban J connectivity index is 1.23. The number of piperazine rings is 1. The molecular weight excluding hydrogens is 533 g/mol. The summed E-state index contributed by atoms with van der Waals surface area (Å²) in [4.78, 5) is 4.00. The maximum absolute atomic E-state index is 13.4. The lowest BCUT2D eigenvalue weighted by Crippen LogP contribution is -2.65. The third-order valence-corrected chi connectivity index (χ3v) is 7.95. The molecule has 10 nitrogen and oxygen atoms in total. The van der Waals surface area contributed by atoms with Crippen molar-refractivity contribution in [3.05, 3.63) is 81.1 Å². The van der Waals surface area contributed by atoms with Crippen molar-refractivity contribution < 1.29 is 18.9 Å². The number of ether oxygens (including phenoxy) is 3. The van der Waals surface area contributed by atoms with Gasteiger partial charge in [0.25, 0.3) is 0 Å². The molecule has 0 spiro atoms. The van der Waals surface area contributed by atoms with Crippen molar-refractivity contribution in [2.24, 2.45) is 0 Å². The fraction of sp³-hybridized carbons (Fsp3) is 0.462. The minimum absolute atomic E-state index is 0.0491. The summed E-state index contributed by atoms with van der Waals surface area (Å²) in [5, 5.41) is 31.3. The quantitative estimate of drug-likeness (QED) is 0.294. The molecule has 204 valence electrons. The van der Waals surface area contributed by atoms with E-state index in [0.29, 0.717) is 40.1 Å². The Labute approximate surface area is 231 Å². The molecule has 5 rings (SSSR count). The van der Waals surface area contributed by atoms with Gasteiger partial charge in [0.1, 0.15) is 69.5 Å². The molecule has 0 unspecified atom stereocenters. The molecule has 0 aliphatic carbocycles. The van der Waals surface area contributed by atoms with Crippen LogP contribution in [0.25, 0.3) is 0 Å². The maximum atomic E-state index is 13.4. The summed E-state index contributed by atoms with van der Waals surface area (Å²) in [5.74, 6) is -0.582. The molecule has 1 aromatic heterocycles. The van der Waals surface area contributed by atoms with Crippen molar-refractivity contribution in [2.75, 3.05) is 39.4 Å². The number of halogens is 2. The number of hydrogen-bond acceptors (Lipinski definition) is 7. The van der Waals surface area contributed by atoms with Gasteiger partial charge in [-0.25, -0.2) is 9.67 Å². The zero-order valence-corrected chi connectivity index (χ0v) is 22.8. The summed E-state index contributed by atoms with van der Waals surface area (Å²) in [6.45, 7) is 5.70. The highest BCUT2D eigenvalue weighted by Gasteiger charge is 2.45. The second-order valence-corrected chi connectivity index (χ2v) is 11.0. The normalized spacial score (nSPS) is 29.6. The number of hydroxylamine groups is 5. The lowest BCUT2D eigenvalue weighted by atomic mass is 10.1. The lowest BCUT2D eigenvalue weighted by molar-refractivity contribution is -0.905. The van der Waals surface area contributed by atoms with E-state index in [1.165, 1.54) is 6.33 Å². The molecule has 38 heavy (non-hydrogen) atoms. The number of benzene rings is 2. The molecule has 0 amide bonds. The number of aromatic nitrogens is 3. The van der Waals surface area contributed by atoms with Crippen LogP contribution in [0.4, 0.5) is 5.69 Å². The van der Waals surface area contributed by atoms with Crippen molar-refractivity contribution in [1.82, 2.24) is 19.4 Å². The van der Waals surface area contributed by atoms with E-state index in [1.807, 2.05) is 13.8 Å².